The van der Waals surface area contributed by atoms with E-state index in [4.69, 9.17) is 0 Å². The molecule has 0 saturated carbocycles. The van der Waals surface area contributed by atoms with Crippen molar-refractivity contribution in [1.29, 1.82) is 0 Å². The Morgan fingerprint density at radius 1 is 1.04 bits per heavy atom. The Morgan fingerprint density at radius 2 is 1.85 bits per heavy atom. The maximum atomic E-state index is 4.63. The first-order chi connectivity index (χ1) is 13.3. The van der Waals surface area contributed by atoms with Crippen molar-refractivity contribution in [3.8, 4) is 0 Å². The van der Waals surface area contributed by atoms with Crippen LogP contribution in [0.5, 0.6) is 0 Å². The van der Waals surface area contributed by atoms with Gasteiger partial charge in [-0.1, -0.05) is 42.5 Å². The van der Waals surface area contributed by atoms with Gasteiger partial charge < -0.3 is 14.8 Å². The molecule has 1 aliphatic heterocycles. The lowest BCUT2D eigenvalue weighted by molar-refractivity contribution is -0.914. The summed E-state index contributed by atoms with van der Waals surface area (Å²) in [4.78, 5) is 16.8. The number of nitrogens with zero attached hydrogens (tertiary/aromatic N) is 3. The van der Waals surface area contributed by atoms with Crippen LogP contribution >= 0.6 is 0 Å². The van der Waals surface area contributed by atoms with E-state index in [2.05, 4.69) is 75.3 Å². The number of rotatable bonds is 3. The van der Waals surface area contributed by atoms with Crippen molar-refractivity contribution in [1.82, 2.24) is 15.0 Å². The molecule has 2 aromatic carbocycles. The summed E-state index contributed by atoms with van der Waals surface area (Å²) >= 11 is 0. The van der Waals surface area contributed by atoms with Gasteiger partial charge in [-0.15, -0.1) is 0 Å². The molecule has 0 radical (unpaired) electrons. The van der Waals surface area contributed by atoms with Crippen molar-refractivity contribution in [2.24, 2.45) is 0 Å². The molecule has 0 unspecified atom stereocenters. The zero-order chi connectivity index (χ0) is 18.2. The van der Waals surface area contributed by atoms with E-state index in [9.17, 15) is 0 Å². The van der Waals surface area contributed by atoms with Crippen LogP contribution in [0.1, 0.15) is 11.1 Å². The fourth-order valence-electron chi connectivity index (χ4n) is 4.13. The van der Waals surface area contributed by atoms with Crippen molar-refractivity contribution in [3.63, 3.8) is 0 Å². The Morgan fingerprint density at radius 3 is 2.67 bits per heavy atom. The summed E-state index contributed by atoms with van der Waals surface area (Å²) in [5.41, 5.74) is 5.89. The molecule has 27 heavy (non-hydrogen) atoms. The lowest BCUT2D eigenvalue weighted by atomic mass is 10.2. The molecule has 2 aromatic heterocycles. The summed E-state index contributed by atoms with van der Waals surface area (Å²) in [5, 5.41) is 1.17. The SMILES string of the molecule is Cc1ccc2c(c1)[nH]c1c(N3CC[NH+](Cc4ccccc4)CC3)ncnc12. The maximum absolute atomic E-state index is 4.63. The van der Waals surface area contributed by atoms with Crippen molar-refractivity contribution in [2.45, 2.75) is 13.5 Å². The second kappa shape index (κ2) is 6.67. The molecule has 3 heterocycles. The quantitative estimate of drug-likeness (QED) is 0.591. The highest BCUT2D eigenvalue weighted by atomic mass is 15.3. The number of quaternary nitrogens is 1. The minimum absolute atomic E-state index is 1.02. The van der Waals surface area contributed by atoms with Gasteiger partial charge in [-0.25, -0.2) is 9.97 Å². The molecule has 0 aliphatic carbocycles. The second-order valence-corrected chi connectivity index (χ2v) is 7.49. The van der Waals surface area contributed by atoms with E-state index in [0.29, 0.717) is 0 Å². The van der Waals surface area contributed by atoms with E-state index in [-0.39, 0.29) is 0 Å². The highest BCUT2D eigenvalue weighted by Gasteiger charge is 2.23. The van der Waals surface area contributed by atoms with E-state index in [1.54, 1.807) is 11.2 Å². The average Bonchev–Trinajstić information content (AvgIpc) is 3.07. The maximum Gasteiger partial charge on any atom is 0.156 e. The zero-order valence-electron chi connectivity index (χ0n) is 15.6. The summed E-state index contributed by atoms with van der Waals surface area (Å²) < 4.78 is 0. The molecule has 0 atom stereocenters. The van der Waals surface area contributed by atoms with E-state index >= 15 is 0 Å². The number of hydrogen-bond donors (Lipinski definition) is 2. The topological polar surface area (TPSA) is 49.2 Å². The van der Waals surface area contributed by atoms with Crippen LogP contribution in [0, 0.1) is 6.92 Å². The van der Waals surface area contributed by atoms with Crippen LogP contribution < -0.4 is 9.80 Å². The molecule has 1 fully saturated rings. The lowest BCUT2D eigenvalue weighted by Crippen LogP contribution is -3.13. The molecule has 1 aliphatic rings. The van der Waals surface area contributed by atoms with E-state index in [1.807, 2.05) is 0 Å². The minimum atomic E-state index is 1.02. The molecule has 5 heteroatoms. The van der Waals surface area contributed by atoms with Crippen molar-refractivity contribution >= 4 is 27.8 Å². The lowest BCUT2D eigenvalue weighted by Gasteiger charge is -2.33. The van der Waals surface area contributed by atoms with Gasteiger partial charge in [-0.3, -0.25) is 0 Å². The van der Waals surface area contributed by atoms with Crippen LogP contribution in [-0.4, -0.2) is 41.1 Å². The Balaban J connectivity index is 1.39. The molecular formula is C22H24N5+. The van der Waals surface area contributed by atoms with Gasteiger partial charge in [-0.2, -0.15) is 0 Å². The van der Waals surface area contributed by atoms with Gasteiger partial charge >= 0.3 is 0 Å². The molecule has 4 aromatic rings. The summed E-state index contributed by atoms with van der Waals surface area (Å²) in [6.45, 7) is 7.50. The zero-order valence-corrected chi connectivity index (χ0v) is 15.6. The smallest absolute Gasteiger partial charge is 0.156 e. The number of aromatic nitrogens is 3. The standard InChI is InChI=1S/C22H23N5/c1-16-7-8-18-19(13-16)25-21-20(18)23-15-24-22(21)27-11-9-26(10-12-27)14-17-5-3-2-4-6-17/h2-8,13,15,25H,9-12,14H2,1H3/p+1. The summed E-state index contributed by atoms with van der Waals surface area (Å²) in [6.07, 6.45) is 1.70. The Hall–Kier alpha value is -2.92. The van der Waals surface area contributed by atoms with E-state index in [1.165, 1.54) is 16.5 Å². The van der Waals surface area contributed by atoms with Crippen LogP contribution in [0.4, 0.5) is 5.82 Å². The average molecular weight is 358 g/mol. The number of nitrogens with one attached hydrogen (secondary N) is 2. The largest absolute Gasteiger partial charge is 0.350 e. The summed E-state index contributed by atoms with van der Waals surface area (Å²) in [7, 11) is 0. The third-order valence-corrected chi connectivity index (χ3v) is 5.58. The normalized spacial score (nSPS) is 15.7. The van der Waals surface area contributed by atoms with Crippen molar-refractivity contribution in [3.05, 3.63) is 66.0 Å². The molecule has 0 bridgehead atoms. The predicted molar refractivity (Wildman–Crippen MR) is 109 cm³/mol. The Labute approximate surface area is 158 Å². The Kier molecular flexibility index (Phi) is 4.02. The van der Waals surface area contributed by atoms with E-state index in [0.717, 1.165) is 55.1 Å². The molecule has 0 amide bonds. The molecular weight excluding hydrogens is 334 g/mol. The molecule has 5 nitrogen and oxygen atoms in total. The minimum Gasteiger partial charge on any atom is -0.350 e. The number of H-pyrrole nitrogens is 1. The van der Waals surface area contributed by atoms with Gasteiger partial charge in [0.2, 0.25) is 0 Å². The first-order valence-electron chi connectivity index (χ1n) is 9.63. The van der Waals surface area contributed by atoms with Crippen LogP contribution in [-0.2, 0) is 6.54 Å². The first-order valence-corrected chi connectivity index (χ1v) is 9.63. The molecule has 136 valence electrons. The number of aromatic amines is 1. The first kappa shape index (κ1) is 16.3. The predicted octanol–water partition coefficient (Wildman–Crippen LogP) is 2.32. The summed E-state index contributed by atoms with van der Waals surface area (Å²) in [5.74, 6) is 1.03. The summed E-state index contributed by atoms with van der Waals surface area (Å²) in [6, 6.07) is 17.3. The highest BCUT2D eigenvalue weighted by molar-refractivity contribution is 6.08. The van der Waals surface area contributed by atoms with E-state index < -0.39 is 0 Å². The monoisotopic (exact) mass is 358 g/mol. The van der Waals surface area contributed by atoms with Gasteiger partial charge in [0.15, 0.2) is 5.82 Å². The van der Waals surface area contributed by atoms with Crippen LogP contribution in [0.2, 0.25) is 0 Å². The molecule has 1 saturated heterocycles. The van der Waals surface area contributed by atoms with Gasteiger partial charge in [0.1, 0.15) is 23.9 Å². The third kappa shape index (κ3) is 3.04. The highest BCUT2D eigenvalue weighted by Crippen LogP contribution is 2.29. The number of aryl methyl sites for hydroxylation is 1. The number of piperazine rings is 1. The van der Waals surface area contributed by atoms with Gasteiger partial charge in [0, 0.05) is 16.5 Å². The van der Waals surface area contributed by atoms with Gasteiger partial charge in [0.25, 0.3) is 0 Å². The second-order valence-electron chi connectivity index (χ2n) is 7.49. The number of anilines is 1. The Bertz CT molecular complexity index is 1080. The van der Waals surface area contributed by atoms with Crippen LogP contribution in [0.25, 0.3) is 21.9 Å². The molecule has 0 spiro atoms. The van der Waals surface area contributed by atoms with Crippen LogP contribution in [0.3, 0.4) is 0 Å². The third-order valence-electron chi connectivity index (χ3n) is 5.58. The molecule has 2 N–H and O–H groups in total. The number of fused-ring (bicyclic) bond motifs is 3. The van der Waals surface area contributed by atoms with Crippen LogP contribution in [0.15, 0.2) is 54.9 Å². The van der Waals surface area contributed by atoms with Crippen molar-refractivity contribution < 1.29 is 4.90 Å². The fourth-order valence-corrected chi connectivity index (χ4v) is 4.13. The van der Waals surface area contributed by atoms with Gasteiger partial charge in [-0.05, 0) is 18.6 Å². The number of hydrogen-bond acceptors (Lipinski definition) is 3. The van der Waals surface area contributed by atoms with Gasteiger partial charge in [0.05, 0.1) is 26.2 Å². The fraction of sp³-hybridized carbons (Fsp3) is 0.273. The van der Waals surface area contributed by atoms with Crippen molar-refractivity contribution in [2.75, 3.05) is 31.1 Å². The number of benzene rings is 2. The molecule has 5 rings (SSSR count).